The van der Waals surface area contributed by atoms with E-state index < -0.39 is 0 Å². The van der Waals surface area contributed by atoms with Gasteiger partial charge in [-0.05, 0) is 12.3 Å². The van der Waals surface area contributed by atoms with Crippen LogP contribution < -0.4 is 11.5 Å². The lowest BCUT2D eigenvalue weighted by atomic mass is 10.0. The number of allylic oxidation sites excluding steroid dienone is 1. The predicted octanol–water partition coefficient (Wildman–Crippen LogP) is 1.55. The van der Waals surface area contributed by atoms with E-state index in [0.29, 0.717) is 11.7 Å². The first-order valence-corrected chi connectivity index (χ1v) is 4.57. The topological polar surface area (TPSA) is 61.3 Å². The van der Waals surface area contributed by atoms with Crippen LogP contribution in [0.2, 0.25) is 0 Å². The van der Waals surface area contributed by atoms with E-state index in [1.807, 2.05) is 13.8 Å². The van der Waals surface area contributed by atoms with Crippen molar-refractivity contribution in [3.05, 3.63) is 11.6 Å². The molecule has 1 aliphatic heterocycles. The van der Waals surface area contributed by atoms with Gasteiger partial charge in [0.05, 0.1) is 6.61 Å². The Labute approximate surface area is 74.8 Å². The van der Waals surface area contributed by atoms with Crippen LogP contribution in [0.25, 0.3) is 0 Å². The zero-order valence-electron chi connectivity index (χ0n) is 8.26. The van der Waals surface area contributed by atoms with Crippen LogP contribution in [0.15, 0.2) is 11.6 Å². The van der Waals surface area contributed by atoms with E-state index in [9.17, 15) is 0 Å². The Morgan fingerprint density at radius 1 is 1.42 bits per heavy atom. The van der Waals surface area contributed by atoms with Crippen molar-refractivity contribution in [2.24, 2.45) is 17.4 Å². The van der Waals surface area contributed by atoms with Gasteiger partial charge in [-0.15, -0.1) is 0 Å². The first kappa shape index (κ1) is 11.1. The van der Waals surface area contributed by atoms with Crippen molar-refractivity contribution in [3.63, 3.8) is 0 Å². The third-order valence-electron chi connectivity index (χ3n) is 1.73. The molecule has 3 heteroatoms. The fraction of sp³-hybridized carbons (Fsp3) is 0.778. The zero-order chi connectivity index (χ0) is 9.56. The highest BCUT2D eigenvalue weighted by Gasteiger charge is 2.14. The number of rotatable bonds is 0. The molecule has 72 valence electrons. The van der Waals surface area contributed by atoms with E-state index in [1.165, 1.54) is 0 Å². The molecule has 0 aromatic rings. The molecule has 0 amide bonds. The summed E-state index contributed by atoms with van der Waals surface area (Å²) in [4.78, 5) is 0. The molecule has 1 heterocycles. The van der Waals surface area contributed by atoms with Crippen molar-refractivity contribution >= 4 is 0 Å². The van der Waals surface area contributed by atoms with Crippen molar-refractivity contribution in [2.75, 3.05) is 6.61 Å². The van der Waals surface area contributed by atoms with Crippen LogP contribution in [0.4, 0.5) is 0 Å². The summed E-state index contributed by atoms with van der Waals surface area (Å²) in [5, 5.41) is 0. The van der Waals surface area contributed by atoms with Gasteiger partial charge in [0.15, 0.2) is 0 Å². The lowest BCUT2D eigenvalue weighted by Gasteiger charge is -2.21. The smallest absolute Gasteiger partial charge is 0.135 e. The summed E-state index contributed by atoms with van der Waals surface area (Å²) in [6, 6.07) is 0. The third-order valence-corrected chi connectivity index (χ3v) is 1.73. The lowest BCUT2D eigenvalue weighted by Crippen LogP contribution is -2.20. The van der Waals surface area contributed by atoms with Gasteiger partial charge in [-0.25, -0.2) is 0 Å². The minimum absolute atomic E-state index is 0.340. The summed E-state index contributed by atoms with van der Waals surface area (Å²) in [5.41, 5.74) is 10.7. The molecule has 1 saturated heterocycles. The molecular weight excluding hydrogens is 152 g/mol. The van der Waals surface area contributed by atoms with Gasteiger partial charge in [-0.1, -0.05) is 20.8 Å². The summed E-state index contributed by atoms with van der Waals surface area (Å²) in [6.45, 7) is 6.91. The highest BCUT2D eigenvalue weighted by Crippen LogP contribution is 2.20. The minimum atomic E-state index is 0.340. The predicted molar refractivity (Wildman–Crippen MR) is 51.1 cm³/mol. The van der Waals surface area contributed by atoms with Crippen LogP contribution in [0.5, 0.6) is 0 Å². The number of nitrogens with two attached hydrogens (primary N) is 2. The molecule has 12 heavy (non-hydrogen) atoms. The summed E-state index contributed by atoms with van der Waals surface area (Å²) < 4.78 is 5.28. The maximum Gasteiger partial charge on any atom is 0.135 e. The molecule has 1 rings (SSSR count). The molecule has 1 atom stereocenters. The normalized spacial score (nSPS) is 21.9. The molecule has 0 aromatic heterocycles. The second-order valence-electron chi connectivity index (χ2n) is 2.83. The highest BCUT2D eigenvalue weighted by atomic mass is 16.5. The van der Waals surface area contributed by atoms with Gasteiger partial charge in [0.25, 0.3) is 0 Å². The molecule has 4 N–H and O–H groups in total. The van der Waals surface area contributed by atoms with Crippen molar-refractivity contribution < 1.29 is 4.74 Å². The second kappa shape index (κ2) is 5.75. The molecule has 0 radical (unpaired) electrons. The zero-order valence-corrected chi connectivity index (χ0v) is 8.26. The SMILES string of the molecule is CC.CC1CCC(=C(N)N)OC1. The summed E-state index contributed by atoms with van der Waals surface area (Å²) in [6.07, 6.45) is 2.02. The van der Waals surface area contributed by atoms with Crippen molar-refractivity contribution in [1.29, 1.82) is 0 Å². The van der Waals surface area contributed by atoms with E-state index in [0.717, 1.165) is 25.2 Å². The molecular formula is C9H20N2O. The van der Waals surface area contributed by atoms with Gasteiger partial charge in [-0.3, -0.25) is 0 Å². The Kier molecular flexibility index (Phi) is 5.34. The average Bonchev–Trinajstić information content (AvgIpc) is 2.09. The van der Waals surface area contributed by atoms with Crippen LogP contribution in [-0.4, -0.2) is 6.61 Å². The standard InChI is InChI=1S/C7H14N2O.C2H6/c1-5-2-3-6(7(8)9)10-4-5;1-2/h5H,2-4,8-9H2,1H3;1-2H3. The van der Waals surface area contributed by atoms with E-state index >= 15 is 0 Å². The quantitative estimate of drug-likeness (QED) is 0.582. The van der Waals surface area contributed by atoms with E-state index in [-0.39, 0.29) is 0 Å². The fourth-order valence-corrected chi connectivity index (χ4v) is 1.00. The molecule has 1 aliphatic rings. The van der Waals surface area contributed by atoms with Crippen molar-refractivity contribution in [3.8, 4) is 0 Å². The summed E-state index contributed by atoms with van der Waals surface area (Å²) in [7, 11) is 0. The number of ether oxygens (including phenoxy) is 1. The van der Waals surface area contributed by atoms with Crippen molar-refractivity contribution in [2.45, 2.75) is 33.6 Å². The second-order valence-corrected chi connectivity index (χ2v) is 2.83. The molecule has 0 aromatic carbocycles. The Bertz CT molecular complexity index is 141. The Balaban J connectivity index is 0.000000561. The molecule has 3 nitrogen and oxygen atoms in total. The summed E-state index contributed by atoms with van der Waals surface area (Å²) in [5.74, 6) is 1.76. The van der Waals surface area contributed by atoms with Crippen LogP contribution in [-0.2, 0) is 4.74 Å². The molecule has 0 bridgehead atoms. The first-order chi connectivity index (χ1) is 5.70. The highest BCUT2D eigenvalue weighted by molar-refractivity contribution is 5.01. The fourth-order valence-electron chi connectivity index (χ4n) is 1.00. The Morgan fingerprint density at radius 3 is 2.33 bits per heavy atom. The van der Waals surface area contributed by atoms with E-state index in [1.54, 1.807) is 0 Å². The van der Waals surface area contributed by atoms with Gasteiger partial charge in [0, 0.05) is 6.42 Å². The molecule has 1 unspecified atom stereocenters. The Hall–Kier alpha value is -0.860. The van der Waals surface area contributed by atoms with E-state index in [2.05, 4.69) is 6.92 Å². The maximum absolute atomic E-state index is 5.34. The van der Waals surface area contributed by atoms with Gasteiger partial charge in [0.2, 0.25) is 0 Å². The lowest BCUT2D eigenvalue weighted by molar-refractivity contribution is 0.120. The monoisotopic (exact) mass is 172 g/mol. The summed E-state index contributed by atoms with van der Waals surface area (Å²) >= 11 is 0. The van der Waals surface area contributed by atoms with Crippen LogP contribution in [0, 0.1) is 5.92 Å². The van der Waals surface area contributed by atoms with Gasteiger partial charge in [-0.2, -0.15) is 0 Å². The van der Waals surface area contributed by atoms with E-state index in [4.69, 9.17) is 16.2 Å². The molecule has 1 fully saturated rings. The van der Waals surface area contributed by atoms with Gasteiger partial charge >= 0.3 is 0 Å². The average molecular weight is 172 g/mol. The molecule has 0 spiro atoms. The first-order valence-electron chi connectivity index (χ1n) is 4.57. The number of hydrogen-bond acceptors (Lipinski definition) is 3. The molecule has 0 aliphatic carbocycles. The Morgan fingerprint density at radius 2 is 2.00 bits per heavy atom. The largest absolute Gasteiger partial charge is 0.494 e. The molecule has 0 saturated carbocycles. The van der Waals surface area contributed by atoms with Crippen molar-refractivity contribution in [1.82, 2.24) is 0 Å². The van der Waals surface area contributed by atoms with Crippen LogP contribution in [0.1, 0.15) is 33.6 Å². The number of hydrogen-bond donors (Lipinski definition) is 2. The maximum atomic E-state index is 5.34. The minimum Gasteiger partial charge on any atom is -0.494 e. The van der Waals surface area contributed by atoms with Gasteiger partial charge < -0.3 is 16.2 Å². The van der Waals surface area contributed by atoms with Gasteiger partial charge in [0.1, 0.15) is 11.6 Å². The third kappa shape index (κ3) is 3.51. The van der Waals surface area contributed by atoms with Crippen LogP contribution >= 0.6 is 0 Å². The van der Waals surface area contributed by atoms with Crippen LogP contribution in [0.3, 0.4) is 0 Å².